The third-order valence-corrected chi connectivity index (χ3v) is 7.67. The van der Waals surface area contributed by atoms with Crippen molar-refractivity contribution >= 4 is 23.9 Å². The van der Waals surface area contributed by atoms with Crippen LogP contribution < -0.4 is 27.8 Å². The quantitative estimate of drug-likeness (QED) is 0.0571. The first kappa shape index (κ1) is 34.7. The summed E-state index contributed by atoms with van der Waals surface area (Å²) in [7, 11) is 0. The Bertz CT molecular complexity index is 1350. The molecule has 17 heteroatoms. The summed E-state index contributed by atoms with van der Waals surface area (Å²) in [6, 6.07) is 15.2. The minimum atomic E-state index is -2.11. The second kappa shape index (κ2) is 15.4. The molecule has 2 aromatic carbocycles. The molecule has 2 aliphatic rings. The molecule has 17 nitrogen and oxygen atoms in total. The lowest BCUT2D eigenvalue weighted by molar-refractivity contribution is -0.333. The van der Waals surface area contributed by atoms with Crippen LogP contribution >= 0.6 is 0 Å². The van der Waals surface area contributed by atoms with E-state index in [0.717, 1.165) is 20.9 Å². The lowest BCUT2D eigenvalue weighted by atomic mass is 9.95. The van der Waals surface area contributed by atoms with Crippen LogP contribution in [-0.4, -0.2) is 92.7 Å². The van der Waals surface area contributed by atoms with Crippen LogP contribution in [0.25, 0.3) is 0 Å². The predicted molar refractivity (Wildman–Crippen MR) is 159 cm³/mol. The SMILES string of the molecule is CC(C)C1(NC(=O)OCc2ccccc2)C(=O)OC2C(N)C(=O)ONN(N(N)C(CCO)C(O)C(=O)NCCc3ccccc3)N21. The number of benzene rings is 2. The average Bonchev–Trinajstić information content (AvgIpc) is 3.27. The number of carbonyl (C=O) groups excluding carboxylic acids is 4. The van der Waals surface area contributed by atoms with E-state index in [-0.39, 0.29) is 19.6 Å². The van der Waals surface area contributed by atoms with Crippen LogP contribution in [0.1, 0.15) is 31.4 Å². The molecule has 2 saturated heterocycles. The first-order valence-electron chi connectivity index (χ1n) is 14.7. The summed E-state index contributed by atoms with van der Waals surface area (Å²) in [5, 5.41) is 28.7. The van der Waals surface area contributed by atoms with E-state index in [1.165, 1.54) is 0 Å². The molecule has 2 heterocycles. The van der Waals surface area contributed by atoms with E-state index in [4.69, 9.17) is 25.9 Å². The Morgan fingerprint density at radius 3 is 2.35 bits per heavy atom. The van der Waals surface area contributed by atoms with Gasteiger partial charge in [0.15, 0.2) is 18.4 Å². The number of esters is 1. The van der Waals surface area contributed by atoms with Crippen molar-refractivity contribution < 1.29 is 43.7 Å². The lowest BCUT2D eigenvalue weighted by Crippen LogP contribution is -2.77. The van der Waals surface area contributed by atoms with Gasteiger partial charge >= 0.3 is 18.0 Å². The van der Waals surface area contributed by atoms with Crippen molar-refractivity contribution in [2.75, 3.05) is 13.2 Å². The summed E-state index contributed by atoms with van der Waals surface area (Å²) in [4.78, 5) is 57.5. The van der Waals surface area contributed by atoms with E-state index in [2.05, 4.69) is 16.2 Å². The number of hydrogen-bond donors (Lipinski definition) is 7. The van der Waals surface area contributed by atoms with E-state index in [0.29, 0.717) is 12.0 Å². The molecule has 9 N–H and O–H groups in total. The van der Waals surface area contributed by atoms with E-state index in [1.807, 2.05) is 30.3 Å². The summed E-state index contributed by atoms with van der Waals surface area (Å²) in [5.41, 5.74) is 7.91. The Morgan fingerprint density at radius 2 is 1.74 bits per heavy atom. The zero-order valence-electron chi connectivity index (χ0n) is 25.4. The number of aliphatic hydroxyl groups is 2. The van der Waals surface area contributed by atoms with Gasteiger partial charge in [0.1, 0.15) is 6.61 Å². The predicted octanol–water partition coefficient (Wildman–Crippen LogP) is -1.47. The van der Waals surface area contributed by atoms with Gasteiger partial charge in [0, 0.05) is 19.1 Å². The molecule has 0 saturated carbocycles. The third kappa shape index (κ3) is 7.43. The summed E-state index contributed by atoms with van der Waals surface area (Å²) >= 11 is 0. The van der Waals surface area contributed by atoms with Crippen LogP contribution in [0.2, 0.25) is 0 Å². The number of hydrogen-bond acceptors (Lipinski definition) is 15. The Balaban J connectivity index is 1.60. The van der Waals surface area contributed by atoms with Crippen molar-refractivity contribution in [2.45, 2.75) is 63.4 Å². The number of nitrogens with two attached hydrogens (primary N) is 2. The molecule has 5 unspecified atom stereocenters. The van der Waals surface area contributed by atoms with Crippen LogP contribution in [-0.2, 0) is 41.7 Å². The van der Waals surface area contributed by atoms with E-state index in [9.17, 15) is 29.4 Å². The molecule has 0 aromatic heterocycles. The molecule has 2 fully saturated rings. The molecule has 0 radical (unpaired) electrons. The number of fused-ring (bicyclic) bond motifs is 1. The molecule has 5 atom stereocenters. The van der Waals surface area contributed by atoms with E-state index < -0.39 is 66.5 Å². The zero-order valence-corrected chi connectivity index (χ0v) is 25.4. The van der Waals surface area contributed by atoms with Gasteiger partial charge in [-0.2, -0.15) is 0 Å². The monoisotopic (exact) mass is 644 g/mol. The number of alkyl carbamates (subject to hydrolysis) is 1. The molecule has 2 aromatic rings. The Kier molecular flexibility index (Phi) is 11.6. The smallest absolute Gasteiger partial charge is 0.409 e. The van der Waals surface area contributed by atoms with Crippen molar-refractivity contribution in [3.8, 4) is 0 Å². The Morgan fingerprint density at radius 1 is 1.11 bits per heavy atom. The van der Waals surface area contributed by atoms with Crippen LogP contribution in [0.4, 0.5) is 4.79 Å². The lowest BCUT2D eigenvalue weighted by Gasteiger charge is -2.47. The molecule has 0 spiro atoms. The van der Waals surface area contributed by atoms with Crippen molar-refractivity contribution in [2.24, 2.45) is 17.5 Å². The molecule has 0 bridgehead atoms. The van der Waals surface area contributed by atoms with Crippen molar-refractivity contribution in [3.63, 3.8) is 0 Å². The molecule has 250 valence electrons. The molecular weight excluding hydrogens is 604 g/mol. The van der Waals surface area contributed by atoms with E-state index in [1.54, 1.807) is 44.2 Å². The van der Waals surface area contributed by atoms with Crippen molar-refractivity contribution in [1.82, 2.24) is 31.6 Å². The van der Waals surface area contributed by atoms with Gasteiger partial charge in [-0.15, -0.1) is 10.1 Å². The number of rotatable bonds is 13. The van der Waals surface area contributed by atoms with E-state index >= 15 is 0 Å². The van der Waals surface area contributed by atoms with Crippen LogP contribution in [0.15, 0.2) is 60.7 Å². The second-order valence-electron chi connectivity index (χ2n) is 11.0. The van der Waals surface area contributed by atoms with Gasteiger partial charge in [-0.25, -0.2) is 14.4 Å². The van der Waals surface area contributed by atoms with Gasteiger partial charge in [0.2, 0.25) is 5.66 Å². The standard InChI is InChI=1S/C29H40N8O9/c1-18(2)29(33-28(43)44-17-20-11-7-4-8-12-20)27(42)45-25-22(30)26(41)46-34-37(35(25)29)36(31)21(14-16-38)23(39)24(40)32-15-13-19-9-5-3-6-10-19/h3-12,18,21-23,25,34,38-39H,13-17,30-31H2,1-2H3,(H,32,40)(H,33,43). The topological polar surface area (TPSA) is 234 Å². The number of amides is 2. The Labute approximate surface area is 265 Å². The summed E-state index contributed by atoms with van der Waals surface area (Å²) in [5.74, 6) is 2.78. The number of nitrogens with one attached hydrogen (secondary N) is 3. The van der Waals surface area contributed by atoms with Gasteiger partial charge in [0.05, 0.1) is 6.04 Å². The molecule has 2 aliphatic heterocycles. The molecular formula is C29H40N8O9. The highest BCUT2D eigenvalue weighted by atomic mass is 16.7. The van der Waals surface area contributed by atoms with Gasteiger partial charge in [-0.1, -0.05) is 85.3 Å². The zero-order chi connectivity index (χ0) is 33.4. The van der Waals surface area contributed by atoms with Crippen LogP contribution in [0.3, 0.4) is 0 Å². The summed E-state index contributed by atoms with van der Waals surface area (Å²) < 4.78 is 10.9. The fraction of sp³-hybridized carbons (Fsp3) is 0.448. The number of hydrazine groups is 4. The number of nitrogens with zero attached hydrogens (tertiary/aromatic N) is 3. The normalized spacial score (nSPS) is 23.2. The first-order valence-corrected chi connectivity index (χ1v) is 14.7. The molecule has 4 rings (SSSR count). The molecule has 2 amide bonds. The van der Waals surface area contributed by atoms with Crippen molar-refractivity contribution in [1.29, 1.82) is 0 Å². The highest BCUT2D eigenvalue weighted by molar-refractivity contribution is 5.88. The highest BCUT2D eigenvalue weighted by Crippen LogP contribution is 2.37. The van der Waals surface area contributed by atoms with Gasteiger partial charge < -0.3 is 35.6 Å². The fourth-order valence-corrected chi connectivity index (χ4v) is 5.13. The minimum absolute atomic E-state index is 0.129. The van der Waals surface area contributed by atoms with Crippen LogP contribution in [0.5, 0.6) is 0 Å². The second-order valence-corrected chi connectivity index (χ2v) is 11.0. The van der Waals surface area contributed by atoms with Gasteiger partial charge in [0.25, 0.3) is 5.91 Å². The number of carbonyl (C=O) groups is 4. The molecule has 46 heavy (non-hydrogen) atoms. The highest BCUT2D eigenvalue weighted by Gasteiger charge is 2.66. The average molecular weight is 645 g/mol. The molecule has 0 aliphatic carbocycles. The first-order chi connectivity index (χ1) is 22.0. The maximum absolute atomic E-state index is 13.6. The maximum Gasteiger partial charge on any atom is 0.409 e. The number of aliphatic hydroxyl groups excluding tert-OH is 2. The maximum atomic E-state index is 13.6. The Hall–Kier alpha value is -4.20. The largest absolute Gasteiger partial charge is 0.445 e. The number of ether oxygens (including phenoxy) is 2. The fourth-order valence-electron chi connectivity index (χ4n) is 5.13. The van der Waals surface area contributed by atoms with Crippen LogP contribution in [0, 0.1) is 5.92 Å². The summed E-state index contributed by atoms with van der Waals surface area (Å²) in [6.07, 6.45) is -4.23. The van der Waals surface area contributed by atoms with Crippen molar-refractivity contribution in [3.05, 3.63) is 71.8 Å². The van der Waals surface area contributed by atoms with Gasteiger partial charge in [-0.05, 0) is 24.0 Å². The van der Waals surface area contributed by atoms with Gasteiger partial charge in [-0.3, -0.25) is 16.0 Å². The minimum Gasteiger partial charge on any atom is -0.445 e. The third-order valence-electron chi connectivity index (χ3n) is 7.67. The summed E-state index contributed by atoms with van der Waals surface area (Å²) in [6.45, 7) is 2.69.